The average Bonchev–Trinajstić information content (AvgIpc) is 4.39. The maximum Gasteiger partial charge on any atom is 0.408 e. The zero-order valence-electron chi connectivity index (χ0n) is 45.9. The number of aromatic nitrogens is 6. The molecule has 1 aliphatic carbocycles. The van der Waals surface area contributed by atoms with Gasteiger partial charge in [-0.05, 0) is 145 Å². The maximum atomic E-state index is 13.5. The Kier molecular flexibility index (Phi) is 15.8. The number of hydrogen-bond acceptors (Lipinski definition) is 15. The van der Waals surface area contributed by atoms with Gasteiger partial charge in [0.05, 0.1) is 30.0 Å². The number of alkyl halides is 2. The van der Waals surface area contributed by atoms with E-state index in [9.17, 15) is 18.4 Å². The molecule has 4 aromatic heterocycles. The molecule has 4 aromatic carbocycles. The lowest BCUT2D eigenvalue weighted by Crippen LogP contribution is -2.18. The summed E-state index contributed by atoms with van der Waals surface area (Å²) in [6.07, 6.45) is 1.92. The van der Waals surface area contributed by atoms with Crippen LogP contribution in [0.3, 0.4) is 0 Å². The molecule has 0 radical (unpaired) electrons. The number of benzene rings is 4. The first-order chi connectivity index (χ1) is 39.4. The van der Waals surface area contributed by atoms with Gasteiger partial charge >= 0.3 is 6.61 Å². The van der Waals surface area contributed by atoms with Gasteiger partial charge in [0.2, 0.25) is 11.8 Å². The number of amides is 2. The van der Waals surface area contributed by atoms with Crippen LogP contribution in [0.25, 0.3) is 10.0 Å². The van der Waals surface area contributed by atoms with Crippen LogP contribution < -0.4 is 16.1 Å². The Labute approximate surface area is 489 Å². The lowest BCUT2D eigenvalue weighted by Gasteiger charge is -2.14. The monoisotopic (exact) mass is 1180 g/mol. The smallest absolute Gasteiger partial charge is 0.408 e. The second-order valence-electron chi connectivity index (χ2n) is 20.5. The molecule has 82 heavy (non-hydrogen) atoms. The highest BCUT2D eigenvalue weighted by Crippen LogP contribution is 2.42. The van der Waals surface area contributed by atoms with Crippen molar-refractivity contribution in [1.82, 2.24) is 35.0 Å². The fourth-order valence-electron chi connectivity index (χ4n) is 10.3. The zero-order valence-corrected chi connectivity index (χ0v) is 49.0. The third kappa shape index (κ3) is 11.2. The summed E-state index contributed by atoms with van der Waals surface area (Å²) >= 11 is 15.7. The molecule has 0 saturated carbocycles. The molecule has 2 amide bonds. The van der Waals surface area contributed by atoms with Crippen molar-refractivity contribution in [2.24, 2.45) is 20.2 Å². The zero-order chi connectivity index (χ0) is 57.7. The Bertz CT molecular complexity index is 3700. The Morgan fingerprint density at radius 3 is 1.66 bits per heavy atom. The van der Waals surface area contributed by atoms with Gasteiger partial charge in [-0.2, -0.15) is 13.9 Å². The van der Waals surface area contributed by atoms with E-state index in [2.05, 4.69) is 104 Å². The number of hydrogen-bond donors (Lipinski definition) is 3. The van der Waals surface area contributed by atoms with E-state index in [4.69, 9.17) is 37.9 Å². The molecule has 8 aromatic rings. The van der Waals surface area contributed by atoms with Crippen LogP contribution in [0.2, 0.25) is 10.0 Å². The lowest BCUT2D eigenvalue weighted by molar-refractivity contribution is -0.129. The summed E-state index contributed by atoms with van der Waals surface area (Å²) in [6, 6.07) is 25.4. The molecule has 3 N–H and O–H groups in total. The van der Waals surface area contributed by atoms with Gasteiger partial charge in [-0.25, -0.2) is 0 Å². The Hall–Kier alpha value is -7.98. The molecule has 0 saturated heterocycles. The molecule has 0 fully saturated rings. The number of halogens is 4. The summed E-state index contributed by atoms with van der Waals surface area (Å²) in [7, 11) is 0. The number of aliphatic imine (C=N–C) groups is 2. The summed E-state index contributed by atoms with van der Waals surface area (Å²) in [5.74, 6) is 2.26. The number of fused-ring (bicyclic) bond motifs is 8. The Morgan fingerprint density at radius 1 is 0.683 bits per heavy atom. The molecular weight excluding hydrogens is 1130 g/mol. The van der Waals surface area contributed by atoms with Crippen molar-refractivity contribution >= 4 is 92.1 Å². The first-order valence-corrected chi connectivity index (χ1v) is 28.8. The van der Waals surface area contributed by atoms with E-state index in [1.807, 2.05) is 79.1 Å². The summed E-state index contributed by atoms with van der Waals surface area (Å²) in [5, 5.41) is 34.9. The number of carbonyl (C=O) groups excluding carboxylic acids is 2. The SMILES string of the molecule is Cc1sc2c(c1C)C(c1ccc(Cl)cc1)=N[C@@H](CC(=O)Nc1ccc3c(c1)CC/C3=N/NC(C)C)c1nnc(C)n1-2.Cc1sc2c(c1C)C(c1ccc(Cl)cc1)=N[C@@H](CC(=O)Nc1ccc3c(c1)CO/C3=N/OC(F)F)c1nnc(C)n1-2. The fraction of sp³-hybridized carbons (Fsp3) is 0.288. The highest BCUT2D eigenvalue weighted by molar-refractivity contribution is 7.15. The van der Waals surface area contributed by atoms with Gasteiger partial charge in [-0.3, -0.25) is 28.7 Å². The minimum atomic E-state index is -3.05. The summed E-state index contributed by atoms with van der Waals surface area (Å²) < 4.78 is 34.1. The number of carbonyl (C=O) groups is 2. The predicted molar refractivity (Wildman–Crippen MR) is 317 cm³/mol. The molecular formula is C59H55Cl2F2N13O4S2. The second-order valence-corrected chi connectivity index (χ2v) is 23.7. The number of hydrazone groups is 1. The summed E-state index contributed by atoms with van der Waals surface area (Å²) in [5.41, 5.74) is 16.7. The van der Waals surface area contributed by atoms with Crippen molar-refractivity contribution in [1.29, 1.82) is 0 Å². The van der Waals surface area contributed by atoms with Crippen molar-refractivity contribution in [3.63, 3.8) is 0 Å². The van der Waals surface area contributed by atoms with E-state index in [1.165, 1.54) is 10.4 Å². The van der Waals surface area contributed by atoms with Crippen LogP contribution >= 0.6 is 45.9 Å². The van der Waals surface area contributed by atoms with E-state index >= 15 is 0 Å². The quantitative estimate of drug-likeness (QED) is 0.0996. The van der Waals surface area contributed by atoms with Gasteiger partial charge in [0.25, 0.3) is 5.90 Å². The Balaban J connectivity index is 0.000000172. The third-order valence-electron chi connectivity index (χ3n) is 14.5. The van der Waals surface area contributed by atoms with Crippen molar-refractivity contribution in [3.05, 3.63) is 184 Å². The van der Waals surface area contributed by atoms with Crippen LogP contribution in [0.1, 0.15) is 134 Å². The number of thiophene rings is 2. The van der Waals surface area contributed by atoms with Crippen molar-refractivity contribution < 1.29 is 27.9 Å². The largest absolute Gasteiger partial charge is 0.470 e. The number of nitrogens with one attached hydrogen (secondary N) is 3. The minimum absolute atomic E-state index is 0.00468. The number of anilines is 2. The van der Waals surface area contributed by atoms with E-state index in [-0.39, 0.29) is 43.2 Å². The Morgan fingerprint density at radius 2 is 1.17 bits per heavy atom. The molecule has 7 heterocycles. The lowest BCUT2D eigenvalue weighted by atomic mass is 9.99. The van der Waals surface area contributed by atoms with Gasteiger partial charge in [-0.1, -0.05) is 53.5 Å². The first kappa shape index (κ1) is 55.9. The van der Waals surface area contributed by atoms with Crippen LogP contribution in [-0.2, 0) is 32.2 Å². The highest BCUT2D eigenvalue weighted by atomic mass is 35.5. The summed E-state index contributed by atoms with van der Waals surface area (Å²) in [6.45, 7) is 13.4. The van der Waals surface area contributed by atoms with Gasteiger partial charge in [0, 0.05) is 76.2 Å². The number of nitrogens with zero attached hydrogens (tertiary/aromatic N) is 10. The second kappa shape index (κ2) is 23.1. The normalized spacial score (nSPS) is 16.6. The maximum absolute atomic E-state index is 13.5. The van der Waals surface area contributed by atoms with Crippen LogP contribution in [0, 0.1) is 41.5 Å². The van der Waals surface area contributed by atoms with Gasteiger partial charge in [0.15, 0.2) is 11.6 Å². The van der Waals surface area contributed by atoms with E-state index in [0.29, 0.717) is 44.3 Å². The number of ether oxygens (including phenoxy) is 1. The fourth-order valence-corrected chi connectivity index (χ4v) is 13.0. The molecule has 4 aliphatic rings. The van der Waals surface area contributed by atoms with Gasteiger partial charge in [-0.15, -0.1) is 43.1 Å². The molecule has 0 spiro atoms. The number of rotatable bonds is 12. The van der Waals surface area contributed by atoms with Crippen molar-refractivity contribution in [2.45, 2.75) is 112 Å². The third-order valence-corrected chi connectivity index (χ3v) is 17.3. The van der Waals surface area contributed by atoms with Gasteiger partial charge in [0.1, 0.15) is 40.3 Å². The van der Waals surface area contributed by atoms with Crippen LogP contribution in [0.5, 0.6) is 0 Å². The highest BCUT2D eigenvalue weighted by Gasteiger charge is 2.35. The number of oxime groups is 1. The van der Waals surface area contributed by atoms with E-state index < -0.39 is 18.7 Å². The summed E-state index contributed by atoms with van der Waals surface area (Å²) in [4.78, 5) is 43.5. The minimum Gasteiger partial charge on any atom is -0.470 e. The molecule has 420 valence electrons. The molecule has 12 rings (SSSR count). The molecule has 23 heteroatoms. The predicted octanol–water partition coefficient (Wildman–Crippen LogP) is 12.7. The molecule has 17 nitrogen and oxygen atoms in total. The van der Waals surface area contributed by atoms with Crippen molar-refractivity contribution in [3.8, 4) is 10.0 Å². The molecule has 0 bridgehead atoms. The molecule has 3 aliphatic heterocycles. The van der Waals surface area contributed by atoms with Gasteiger partial charge < -0.3 is 25.6 Å². The van der Waals surface area contributed by atoms with E-state index in [1.54, 1.807) is 40.9 Å². The van der Waals surface area contributed by atoms with Crippen LogP contribution in [0.4, 0.5) is 20.2 Å². The first-order valence-electron chi connectivity index (χ1n) is 26.4. The van der Waals surface area contributed by atoms with E-state index in [0.717, 1.165) is 95.3 Å². The average molecular weight is 1180 g/mol. The standard InChI is InChI=1S/C31H32ClN7OS.C28H23ClF2N6O3S/c1-16(2)35-37-25-13-8-21-14-23(11-12-24(21)25)33-27(40)15-26-30-38-36-19(5)39(30)31-28(17(3)18(4)41-31)29(34-26)20-6-9-22(32)10-7-20;1-13-14(2)41-27-23(13)24(16-4-6-18(29)7-5-16)33-21(25-35-34-15(3)37(25)27)11-22(38)32-19-8-9-20-17(10-19)12-39-26(20)36-40-28(30)31/h6-7,9-12,14,16,26,35H,8,13,15H2,1-5H3,(H,33,40);4-10,21,28H,11-12H2,1-3H3,(H,32,38)/b37-25-;36-26+/t26-;21-/m00/s1. The number of aryl methyl sites for hydroxylation is 5. The van der Waals surface area contributed by atoms with Crippen molar-refractivity contribution in [2.75, 3.05) is 10.6 Å². The topological polar surface area (TPSA) is 200 Å². The molecule has 2 atom stereocenters. The van der Waals surface area contributed by atoms with Crippen LogP contribution in [-0.4, -0.2) is 77.0 Å². The van der Waals surface area contributed by atoms with Crippen LogP contribution in [0.15, 0.2) is 105 Å². The molecule has 0 unspecified atom stereocenters.